The van der Waals surface area contributed by atoms with E-state index in [9.17, 15) is 9.90 Å². The smallest absolute Gasteiger partial charge is 0.321 e. The van der Waals surface area contributed by atoms with Crippen LogP contribution in [0, 0.1) is 5.41 Å². The van der Waals surface area contributed by atoms with E-state index in [0.29, 0.717) is 18.8 Å². The van der Waals surface area contributed by atoms with Crippen LogP contribution >= 0.6 is 0 Å². The lowest BCUT2D eigenvalue weighted by Gasteiger charge is -2.40. The quantitative estimate of drug-likeness (QED) is 0.897. The first-order chi connectivity index (χ1) is 10.8. The third kappa shape index (κ3) is 4.19. The third-order valence-electron chi connectivity index (χ3n) is 4.77. The van der Waals surface area contributed by atoms with Gasteiger partial charge in [-0.15, -0.1) is 0 Å². The van der Waals surface area contributed by atoms with Crippen molar-refractivity contribution in [2.45, 2.75) is 52.4 Å². The summed E-state index contributed by atoms with van der Waals surface area (Å²) in [5, 5.41) is 12.4. The second kappa shape index (κ2) is 6.83. The van der Waals surface area contributed by atoms with Crippen LogP contribution < -0.4 is 5.32 Å². The second-order valence-electron chi connectivity index (χ2n) is 7.47. The van der Waals surface area contributed by atoms with Gasteiger partial charge in [-0.1, -0.05) is 27.7 Å². The van der Waals surface area contributed by atoms with Gasteiger partial charge in [-0.25, -0.2) is 14.8 Å². The van der Waals surface area contributed by atoms with E-state index in [1.807, 2.05) is 0 Å². The van der Waals surface area contributed by atoms with Crippen molar-refractivity contribution >= 4 is 11.7 Å². The molecule has 2 amide bonds. The van der Waals surface area contributed by atoms with Crippen LogP contribution in [0.3, 0.4) is 0 Å². The number of likely N-dealkylation sites (tertiary alicyclic amines) is 1. The molecule has 0 saturated carbocycles. The molecule has 0 spiro atoms. The molecule has 0 atom stereocenters. The number of aromatic nitrogens is 2. The average molecular weight is 320 g/mol. The van der Waals surface area contributed by atoms with Gasteiger partial charge in [0.25, 0.3) is 0 Å². The Morgan fingerprint density at radius 2 is 1.87 bits per heavy atom. The van der Waals surface area contributed by atoms with Crippen molar-refractivity contribution in [2.75, 3.05) is 25.0 Å². The largest absolute Gasteiger partial charge is 0.396 e. The lowest BCUT2D eigenvalue weighted by atomic mass is 9.77. The molecule has 0 aromatic carbocycles. The molecule has 1 aliphatic heterocycles. The number of aliphatic hydroxyl groups excluding tert-OH is 1. The minimum absolute atomic E-state index is 0.0196. The number of nitrogens with zero attached hydrogens (tertiary/aromatic N) is 3. The molecule has 0 bridgehead atoms. The summed E-state index contributed by atoms with van der Waals surface area (Å²) < 4.78 is 0. The number of hydrogen-bond donors (Lipinski definition) is 2. The maximum Gasteiger partial charge on any atom is 0.321 e. The predicted octanol–water partition coefficient (Wildman–Crippen LogP) is 2.79. The monoisotopic (exact) mass is 320 g/mol. The number of amides is 2. The number of carbonyl (C=O) groups is 1. The molecule has 128 valence electrons. The molecule has 6 heteroatoms. The minimum atomic E-state index is -0.125. The third-order valence-corrected chi connectivity index (χ3v) is 4.77. The van der Waals surface area contributed by atoms with Crippen LogP contribution in [-0.4, -0.2) is 45.7 Å². The predicted molar refractivity (Wildman–Crippen MR) is 90.4 cm³/mol. The summed E-state index contributed by atoms with van der Waals surface area (Å²) in [4.78, 5) is 22.8. The maximum atomic E-state index is 12.3. The van der Waals surface area contributed by atoms with Crippen molar-refractivity contribution in [3.8, 4) is 0 Å². The second-order valence-corrected chi connectivity index (χ2v) is 7.47. The molecule has 2 heterocycles. The summed E-state index contributed by atoms with van der Waals surface area (Å²) in [6.07, 6.45) is 5.93. The Balaban J connectivity index is 1.93. The van der Waals surface area contributed by atoms with Gasteiger partial charge < -0.3 is 15.3 Å². The van der Waals surface area contributed by atoms with E-state index >= 15 is 0 Å². The highest BCUT2D eigenvalue weighted by Gasteiger charge is 2.33. The van der Waals surface area contributed by atoms with Crippen LogP contribution in [0.15, 0.2) is 12.4 Å². The van der Waals surface area contributed by atoms with Gasteiger partial charge in [0.15, 0.2) is 0 Å². The van der Waals surface area contributed by atoms with Crippen LogP contribution in [0.4, 0.5) is 10.5 Å². The lowest BCUT2D eigenvalue weighted by molar-refractivity contribution is 0.0542. The van der Waals surface area contributed by atoms with Gasteiger partial charge in [0, 0.05) is 25.1 Å². The molecule has 1 saturated heterocycles. The fourth-order valence-electron chi connectivity index (χ4n) is 2.79. The van der Waals surface area contributed by atoms with Crippen molar-refractivity contribution in [2.24, 2.45) is 5.41 Å². The number of piperidine rings is 1. The van der Waals surface area contributed by atoms with E-state index in [1.54, 1.807) is 17.3 Å². The summed E-state index contributed by atoms with van der Waals surface area (Å²) in [6.45, 7) is 9.78. The van der Waals surface area contributed by atoms with Gasteiger partial charge in [0.05, 0.1) is 18.1 Å². The van der Waals surface area contributed by atoms with E-state index in [1.165, 1.54) is 0 Å². The molecule has 2 N–H and O–H groups in total. The molecule has 1 aliphatic rings. The Kier molecular flexibility index (Phi) is 5.24. The molecule has 1 aromatic rings. The van der Waals surface area contributed by atoms with Crippen LogP contribution in [-0.2, 0) is 5.41 Å². The topological polar surface area (TPSA) is 78.4 Å². The fraction of sp³-hybridized carbons (Fsp3) is 0.706. The number of anilines is 1. The van der Waals surface area contributed by atoms with Crippen LogP contribution in [0.5, 0.6) is 0 Å². The maximum absolute atomic E-state index is 12.3. The number of urea groups is 1. The molecular formula is C17H28N4O2. The molecule has 2 rings (SSSR count). The van der Waals surface area contributed by atoms with Gasteiger partial charge in [-0.3, -0.25) is 0 Å². The standard InChI is InChI=1S/C17H28N4O2/c1-5-17(12-22)6-8-21(9-7-17)15(23)20-13-10-18-14(19-11-13)16(2,3)4/h10-11,22H,5-9,12H2,1-4H3,(H,20,23). The average Bonchev–Trinajstić information content (AvgIpc) is 2.54. The zero-order chi connectivity index (χ0) is 17.1. The molecule has 6 nitrogen and oxygen atoms in total. The zero-order valence-corrected chi connectivity index (χ0v) is 14.6. The molecule has 23 heavy (non-hydrogen) atoms. The Bertz CT molecular complexity index is 523. The molecule has 0 aliphatic carbocycles. The normalized spacial score (nSPS) is 17.9. The summed E-state index contributed by atoms with van der Waals surface area (Å²) in [7, 11) is 0. The van der Waals surface area contributed by atoms with Crippen molar-refractivity contribution in [3.63, 3.8) is 0 Å². The van der Waals surface area contributed by atoms with E-state index < -0.39 is 0 Å². The first-order valence-corrected chi connectivity index (χ1v) is 8.29. The zero-order valence-electron chi connectivity index (χ0n) is 14.6. The fourth-order valence-corrected chi connectivity index (χ4v) is 2.79. The van der Waals surface area contributed by atoms with Crippen LogP contribution in [0.1, 0.15) is 52.8 Å². The Labute approximate surface area is 138 Å². The number of nitrogens with one attached hydrogen (secondary N) is 1. The van der Waals surface area contributed by atoms with Gasteiger partial charge in [-0.05, 0) is 24.7 Å². The van der Waals surface area contributed by atoms with Crippen LogP contribution in [0.2, 0.25) is 0 Å². The molecule has 1 fully saturated rings. The van der Waals surface area contributed by atoms with E-state index in [0.717, 1.165) is 25.1 Å². The van der Waals surface area contributed by atoms with Gasteiger partial charge in [0.2, 0.25) is 0 Å². The van der Waals surface area contributed by atoms with Crippen molar-refractivity contribution in [1.29, 1.82) is 0 Å². The van der Waals surface area contributed by atoms with E-state index in [2.05, 4.69) is 43.0 Å². The van der Waals surface area contributed by atoms with E-state index in [4.69, 9.17) is 0 Å². The number of hydrogen-bond acceptors (Lipinski definition) is 4. The van der Waals surface area contributed by atoms with E-state index in [-0.39, 0.29) is 23.5 Å². The van der Waals surface area contributed by atoms with Crippen molar-refractivity contribution < 1.29 is 9.90 Å². The summed E-state index contributed by atoms with van der Waals surface area (Å²) in [6, 6.07) is -0.125. The summed E-state index contributed by atoms with van der Waals surface area (Å²) >= 11 is 0. The van der Waals surface area contributed by atoms with Crippen molar-refractivity contribution in [3.05, 3.63) is 18.2 Å². The highest BCUT2D eigenvalue weighted by atomic mass is 16.3. The number of aliphatic hydroxyl groups is 1. The SMILES string of the molecule is CCC1(CO)CCN(C(=O)Nc2cnc(C(C)(C)C)nc2)CC1. The molecule has 0 unspecified atom stereocenters. The Morgan fingerprint density at radius 1 is 1.30 bits per heavy atom. The Morgan fingerprint density at radius 3 is 2.30 bits per heavy atom. The van der Waals surface area contributed by atoms with Crippen LogP contribution in [0.25, 0.3) is 0 Å². The summed E-state index contributed by atoms with van der Waals surface area (Å²) in [5.74, 6) is 0.754. The highest BCUT2D eigenvalue weighted by molar-refractivity contribution is 5.89. The Hall–Kier alpha value is -1.69. The number of carbonyl (C=O) groups excluding carboxylic acids is 1. The van der Waals surface area contributed by atoms with Gasteiger partial charge in [0.1, 0.15) is 5.82 Å². The van der Waals surface area contributed by atoms with Crippen molar-refractivity contribution in [1.82, 2.24) is 14.9 Å². The molecular weight excluding hydrogens is 292 g/mol. The number of rotatable bonds is 3. The molecule has 0 radical (unpaired) electrons. The lowest BCUT2D eigenvalue weighted by Crippen LogP contribution is -2.46. The molecule has 1 aromatic heterocycles. The first-order valence-electron chi connectivity index (χ1n) is 8.29. The summed E-state index contributed by atoms with van der Waals surface area (Å²) in [5.41, 5.74) is 0.481. The highest BCUT2D eigenvalue weighted by Crippen LogP contribution is 2.34. The minimum Gasteiger partial charge on any atom is -0.396 e. The first kappa shape index (κ1) is 17.7. The van der Waals surface area contributed by atoms with Gasteiger partial charge in [-0.2, -0.15) is 0 Å². The van der Waals surface area contributed by atoms with Gasteiger partial charge >= 0.3 is 6.03 Å².